The zero-order valence-electron chi connectivity index (χ0n) is 11.0. The fourth-order valence-corrected chi connectivity index (χ4v) is 2.26. The van der Waals surface area contributed by atoms with E-state index in [0.29, 0.717) is 0 Å². The molecule has 2 aromatic rings. The van der Waals surface area contributed by atoms with Gasteiger partial charge in [0.05, 0.1) is 5.69 Å². The number of aromatic nitrogens is 1. The molecule has 0 saturated carbocycles. The van der Waals surface area contributed by atoms with Crippen LogP contribution in [0.5, 0.6) is 0 Å². The molecule has 1 heterocycles. The van der Waals surface area contributed by atoms with E-state index in [4.69, 9.17) is 0 Å². The number of anilines is 1. The summed E-state index contributed by atoms with van der Waals surface area (Å²) in [4.78, 5) is 3.41. The van der Waals surface area contributed by atoms with Crippen molar-refractivity contribution < 1.29 is 0 Å². The van der Waals surface area contributed by atoms with Crippen molar-refractivity contribution in [2.24, 2.45) is 0 Å². The number of benzene rings is 1. The van der Waals surface area contributed by atoms with Crippen molar-refractivity contribution in [1.29, 1.82) is 0 Å². The maximum absolute atomic E-state index is 3.62. The Hall–Kier alpha value is -1.48. The van der Waals surface area contributed by atoms with Crippen LogP contribution >= 0.6 is 0 Å². The van der Waals surface area contributed by atoms with E-state index >= 15 is 0 Å². The molecule has 1 aromatic heterocycles. The van der Waals surface area contributed by atoms with Gasteiger partial charge in [0.15, 0.2) is 0 Å². The number of H-pyrrole nitrogens is 1. The summed E-state index contributed by atoms with van der Waals surface area (Å²) < 4.78 is 0. The highest BCUT2D eigenvalue weighted by molar-refractivity contribution is 5.94. The molecule has 3 N–H and O–H groups in total. The minimum absolute atomic E-state index is 0.0322. The highest BCUT2D eigenvalue weighted by atomic mass is 15.0. The molecular weight excluding hydrogens is 210 g/mol. The second kappa shape index (κ2) is 4.41. The Kier molecular flexibility index (Phi) is 3.11. The second-order valence-electron chi connectivity index (χ2n) is 5.21. The fraction of sp³-hybridized carbons (Fsp3) is 0.429. The van der Waals surface area contributed by atoms with Crippen LogP contribution in [0.4, 0.5) is 5.69 Å². The van der Waals surface area contributed by atoms with E-state index in [9.17, 15) is 0 Å². The van der Waals surface area contributed by atoms with Crippen LogP contribution in [0.2, 0.25) is 0 Å². The van der Waals surface area contributed by atoms with E-state index in [1.807, 2.05) is 7.05 Å². The minimum atomic E-state index is 0.0322. The Balaban J connectivity index is 2.38. The lowest BCUT2D eigenvalue weighted by molar-refractivity contribution is 0.531. The molecule has 1 aromatic carbocycles. The van der Waals surface area contributed by atoms with Gasteiger partial charge in [0.2, 0.25) is 0 Å². The number of hydrogen-bond acceptors (Lipinski definition) is 2. The molecule has 17 heavy (non-hydrogen) atoms. The first kappa shape index (κ1) is 12.0. The fourth-order valence-electron chi connectivity index (χ4n) is 2.26. The maximum Gasteiger partial charge on any atom is 0.0632 e. The van der Waals surface area contributed by atoms with Crippen molar-refractivity contribution >= 4 is 16.6 Å². The maximum atomic E-state index is 3.62. The standard InChI is InChI=1S/C14H21N3/c1-10-13(17-14(2,3)9-15-4)11-7-5-6-8-12(11)16-10/h5-8,15-17H,9H2,1-4H3. The van der Waals surface area contributed by atoms with Gasteiger partial charge < -0.3 is 15.6 Å². The Labute approximate surface area is 103 Å². The predicted octanol–water partition coefficient (Wildman–Crippen LogP) is 2.89. The van der Waals surface area contributed by atoms with E-state index in [-0.39, 0.29) is 5.54 Å². The molecule has 0 fully saturated rings. The lowest BCUT2D eigenvalue weighted by Crippen LogP contribution is -2.40. The van der Waals surface area contributed by atoms with Gasteiger partial charge in [-0.15, -0.1) is 0 Å². The molecule has 0 saturated heterocycles. The van der Waals surface area contributed by atoms with Crippen molar-refractivity contribution in [1.82, 2.24) is 10.3 Å². The van der Waals surface area contributed by atoms with Gasteiger partial charge in [-0.25, -0.2) is 0 Å². The zero-order valence-corrected chi connectivity index (χ0v) is 11.0. The SMILES string of the molecule is CNCC(C)(C)Nc1c(C)[nH]c2ccccc12. The largest absolute Gasteiger partial charge is 0.377 e. The molecule has 0 amide bonds. The van der Waals surface area contributed by atoms with Crippen molar-refractivity contribution in [3.05, 3.63) is 30.0 Å². The number of aromatic amines is 1. The summed E-state index contributed by atoms with van der Waals surface area (Å²) >= 11 is 0. The Morgan fingerprint density at radius 1 is 1.24 bits per heavy atom. The third-order valence-corrected chi connectivity index (χ3v) is 2.98. The van der Waals surface area contributed by atoms with E-state index in [0.717, 1.165) is 6.54 Å². The third-order valence-electron chi connectivity index (χ3n) is 2.98. The van der Waals surface area contributed by atoms with Gasteiger partial charge >= 0.3 is 0 Å². The monoisotopic (exact) mass is 231 g/mol. The normalized spacial score (nSPS) is 12.0. The summed E-state index contributed by atoms with van der Waals surface area (Å²) in [5.41, 5.74) is 3.62. The van der Waals surface area contributed by atoms with Crippen molar-refractivity contribution in [3.63, 3.8) is 0 Å². The Morgan fingerprint density at radius 3 is 2.65 bits per heavy atom. The summed E-state index contributed by atoms with van der Waals surface area (Å²) in [7, 11) is 1.98. The minimum Gasteiger partial charge on any atom is -0.377 e. The second-order valence-corrected chi connectivity index (χ2v) is 5.21. The third kappa shape index (κ3) is 2.44. The number of nitrogens with one attached hydrogen (secondary N) is 3. The van der Waals surface area contributed by atoms with Crippen LogP contribution in [-0.2, 0) is 0 Å². The number of rotatable bonds is 4. The summed E-state index contributed by atoms with van der Waals surface area (Å²) in [6.45, 7) is 7.43. The molecular formula is C14H21N3. The first-order valence-electron chi connectivity index (χ1n) is 6.03. The predicted molar refractivity (Wildman–Crippen MR) is 74.7 cm³/mol. The number of fused-ring (bicyclic) bond motifs is 1. The number of para-hydroxylation sites is 1. The molecule has 0 aliphatic carbocycles. The molecule has 0 bridgehead atoms. The summed E-state index contributed by atoms with van der Waals surface area (Å²) in [5, 5.41) is 8.09. The summed E-state index contributed by atoms with van der Waals surface area (Å²) in [6.07, 6.45) is 0. The molecule has 0 radical (unpaired) electrons. The molecule has 0 aliphatic rings. The number of hydrogen-bond donors (Lipinski definition) is 3. The topological polar surface area (TPSA) is 39.8 Å². The highest BCUT2D eigenvalue weighted by Gasteiger charge is 2.19. The van der Waals surface area contributed by atoms with Gasteiger partial charge in [-0.05, 0) is 33.9 Å². The van der Waals surface area contributed by atoms with Crippen LogP contribution in [0.1, 0.15) is 19.5 Å². The Bertz CT molecular complexity index is 511. The average molecular weight is 231 g/mol. The van der Waals surface area contributed by atoms with Crippen LogP contribution in [0.15, 0.2) is 24.3 Å². The van der Waals surface area contributed by atoms with Crippen LogP contribution in [0.25, 0.3) is 10.9 Å². The van der Waals surface area contributed by atoms with Gasteiger partial charge in [-0.3, -0.25) is 0 Å². The van der Waals surface area contributed by atoms with Gasteiger partial charge in [0.1, 0.15) is 0 Å². The smallest absolute Gasteiger partial charge is 0.0632 e. The van der Waals surface area contributed by atoms with Gasteiger partial charge in [-0.2, -0.15) is 0 Å². The van der Waals surface area contributed by atoms with Gasteiger partial charge in [0.25, 0.3) is 0 Å². The van der Waals surface area contributed by atoms with Crippen LogP contribution in [-0.4, -0.2) is 24.1 Å². The molecule has 92 valence electrons. The molecule has 0 unspecified atom stereocenters. The molecule has 2 rings (SSSR count). The summed E-state index contributed by atoms with van der Waals surface area (Å²) in [5.74, 6) is 0. The molecule has 0 spiro atoms. The Morgan fingerprint density at radius 2 is 1.94 bits per heavy atom. The number of aryl methyl sites for hydroxylation is 1. The van der Waals surface area contributed by atoms with E-state index in [1.165, 1.54) is 22.3 Å². The quantitative estimate of drug-likeness (QED) is 0.757. The van der Waals surface area contributed by atoms with Crippen molar-refractivity contribution in [2.75, 3.05) is 18.9 Å². The molecule has 3 nitrogen and oxygen atoms in total. The van der Waals surface area contributed by atoms with E-state index in [1.54, 1.807) is 0 Å². The van der Waals surface area contributed by atoms with Crippen LogP contribution in [0, 0.1) is 6.92 Å². The lowest BCUT2D eigenvalue weighted by Gasteiger charge is -2.27. The molecule has 0 aliphatic heterocycles. The first-order valence-corrected chi connectivity index (χ1v) is 6.03. The van der Waals surface area contributed by atoms with Crippen LogP contribution in [0.3, 0.4) is 0 Å². The summed E-state index contributed by atoms with van der Waals surface area (Å²) in [6, 6.07) is 8.39. The first-order chi connectivity index (χ1) is 8.03. The van der Waals surface area contributed by atoms with Gasteiger partial charge in [0, 0.05) is 28.7 Å². The van der Waals surface area contributed by atoms with Crippen molar-refractivity contribution in [3.8, 4) is 0 Å². The zero-order chi connectivity index (χ0) is 12.5. The average Bonchev–Trinajstić information content (AvgIpc) is 2.55. The van der Waals surface area contributed by atoms with E-state index in [2.05, 4.69) is 60.7 Å². The van der Waals surface area contributed by atoms with Crippen LogP contribution < -0.4 is 10.6 Å². The van der Waals surface area contributed by atoms with Gasteiger partial charge in [-0.1, -0.05) is 18.2 Å². The highest BCUT2D eigenvalue weighted by Crippen LogP contribution is 2.29. The van der Waals surface area contributed by atoms with Crippen molar-refractivity contribution in [2.45, 2.75) is 26.3 Å². The molecule has 0 atom stereocenters. The number of likely N-dealkylation sites (N-methyl/N-ethyl adjacent to an activating group) is 1. The van der Waals surface area contributed by atoms with E-state index < -0.39 is 0 Å². The lowest BCUT2D eigenvalue weighted by atomic mass is 10.0. The molecule has 3 heteroatoms.